The van der Waals surface area contributed by atoms with E-state index in [1.807, 2.05) is 12.1 Å². The lowest BCUT2D eigenvalue weighted by Gasteiger charge is -2.05. The van der Waals surface area contributed by atoms with Crippen molar-refractivity contribution in [1.82, 2.24) is 0 Å². The molecule has 0 atom stereocenters. The summed E-state index contributed by atoms with van der Waals surface area (Å²) >= 11 is 0. The molecule has 0 spiro atoms. The molecule has 112 valence electrons. The molecule has 0 aliphatic heterocycles. The van der Waals surface area contributed by atoms with Gasteiger partial charge in [-0.05, 0) is 63.7 Å². The maximum atomic E-state index is 6.04. The van der Waals surface area contributed by atoms with E-state index in [1.54, 1.807) is 0 Å². The van der Waals surface area contributed by atoms with Crippen molar-refractivity contribution < 1.29 is 4.42 Å². The van der Waals surface area contributed by atoms with Crippen molar-refractivity contribution in [1.29, 1.82) is 0 Å². The van der Waals surface area contributed by atoms with Crippen LogP contribution in [0.25, 0.3) is 43.8 Å². The largest absolute Gasteiger partial charge is 0.456 e. The lowest BCUT2D eigenvalue weighted by Crippen LogP contribution is -1.82. The lowest BCUT2D eigenvalue weighted by molar-refractivity contribution is 0.669. The van der Waals surface area contributed by atoms with Crippen molar-refractivity contribution >= 4 is 32.7 Å². The Hall–Kier alpha value is -3.06. The van der Waals surface area contributed by atoms with Gasteiger partial charge in [-0.15, -0.1) is 0 Å². The van der Waals surface area contributed by atoms with Crippen LogP contribution < -0.4 is 0 Å². The topological polar surface area (TPSA) is 13.1 Å². The van der Waals surface area contributed by atoms with E-state index in [0.29, 0.717) is 0 Å². The average molecular weight is 306 g/mol. The first-order valence-electron chi connectivity index (χ1n) is 8.34. The summed E-state index contributed by atoms with van der Waals surface area (Å²) in [6.45, 7) is 0. The third-order valence-electron chi connectivity index (χ3n) is 5.27. The molecule has 1 aliphatic rings. The van der Waals surface area contributed by atoms with Crippen LogP contribution in [0.1, 0.15) is 11.1 Å². The monoisotopic (exact) mass is 306 g/mol. The number of rotatable bonds is 0. The molecule has 5 aromatic rings. The summed E-state index contributed by atoms with van der Waals surface area (Å²) in [6.07, 6.45) is 1.02. The molecule has 0 amide bonds. The third kappa shape index (κ3) is 1.49. The standard InChI is InChI=1S/C23H14O/c1-2-6-17-14(5-1)11-16-13-20-15(12-19(16)17)9-10-22-23(20)18-7-3-4-8-21(18)24-22/h1-10,12-13H,11H2. The first kappa shape index (κ1) is 12.4. The molecule has 4 aromatic carbocycles. The summed E-state index contributed by atoms with van der Waals surface area (Å²) in [5, 5.41) is 5.02. The van der Waals surface area contributed by atoms with Crippen LogP contribution in [0.5, 0.6) is 0 Å². The molecule has 0 saturated heterocycles. The summed E-state index contributed by atoms with van der Waals surface area (Å²) in [6, 6.07) is 26.0. The van der Waals surface area contributed by atoms with Crippen LogP contribution in [-0.4, -0.2) is 0 Å². The molecular weight excluding hydrogens is 292 g/mol. The molecule has 1 nitrogen and oxygen atoms in total. The van der Waals surface area contributed by atoms with Gasteiger partial charge in [-0.2, -0.15) is 0 Å². The Kier molecular flexibility index (Phi) is 2.20. The molecule has 1 aliphatic carbocycles. The van der Waals surface area contributed by atoms with Crippen molar-refractivity contribution in [3.8, 4) is 11.1 Å². The Bertz CT molecular complexity index is 1270. The molecule has 0 fully saturated rings. The first-order chi connectivity index (χ1) is 11.9. The van der Waals surface area contributed by atoms with Crippen LogP contribution >= 0.6 is 0 Å². The predicted molar refractivity (Wildman–Crippen MR) is 99.5 cm³/mol. The minimum atomic E-state index is 0.962. The van der Waals surface area contributed by atoms with Gasteiger partial charge in [0.1, 0.15) is 11.2 Å². The molecule has 1 heterocycles. The zero-order valence-corrected chi connectivity index (χ0v) is 13.0. The van der Waals surface area contributed by atoms with Crippen LogP contribution in [-0.2, 0) is 6.42 Å². The highest BCUT2D eigenvalue weighted by molar-refractivity contribution is 6.19. The van der Waals surface area contributed by atoms with Gasteiger partial charge >= 0.3 is 0 Å². The van der Waals surface area contributed by atoms with E-state index in [-0.39, 0.29) is 0 Å². The summed E-state index contributed by atoms with van der Waals surface area (Å²) in [5.74, 6) is 0. The van der Waals surface area contributed by atoms with Gasteiger partial charge in [0.05, 0.1) is 0 Å². The van der Waals surface area contributed by atoms with Gasteiger partial charge in [0.25, 0.3) is 0 Å². The van der Waals surface area contributed by atoms with E-state index in [1.165, 1.54) is 43.8 Å². The summed E-state index contributed by atoms with van der Waals surface area (Å²) < 4.78 is 6.04. The molecule has 0 radical (unpaired) electrons. The van der Waals surface area contributed by atoms with E-state index in [4.69, 9.17) is 4.42 Å². The van der Waals surface area contributed by atoms with Crippen molar-refractivity contribution in [3.05, 3.63) is 83.9 Å². The molecular formula is C23H14O. The fourth-order valence-corrected chi connectivity index (χ4v) is 4.18. The maximum Gasteiger partial charge on any atom is 0.136 e. The van der Waals surface area contributed by atoms with Gasteiger partial charge in [0, 0.05) is 10.8 Å². The van der Waals surface area contributed by atoms with Crippen molar-refractivity contribution in [2.45, 2.75) is 6.42 Å². The average Bonchev–Trinajstić information content (AvgIpc) is 3.17. The normalized spacial score (nSPS) is 12.8. The van der Waals surface area contributed by atoms with Gasteiger partial charge in [0.15, 0.2) is 0 Å². The molecule has 6 rings (SSSR count). The predicted octanol–water partition coefficient (Wildman–Crippen LogP) is 6.31. The van der Waals surface area contributed by atoms with Crippen molar-refractivity contribution in [2.24, 2.45) is 0 Å². The molecule has 24 heavy (non-hydrogen) atoms. The molecule has 1 heteroatoms. The number of furan rings is 1. The number of hydrogen-bond donors (Lipinski definition) is 0. The van der Waals surface area contributed by atoms with Gasteiger partial charge in [0.2, 0.25) is 0 Å². The van der Waals surface area contributed by atoms with E-state index >= 15 is 0 Å². The Morgan fingerprint density at radius 1 is 0.625 bits per heavy atom. The van der Waals surface area contributed by atoms with Gasteiger partial charge < -0.3 is 4.42 Å². The smallest absolute Gasteiger partial charge is 0.136 e. The molecule has 1 aromatic heterocycles. The highest BCUT2D eigenvalue weighted by atomic mass is 16.3. The van der Waals surface area contributed by atoms with E-state index in [0.717, 1.165) is 17.6 Å². The molecule has 0 unspecified atom stereocenters. The van der Waals surface area contributed by atoms with Gasteiger partial charge in [-0.25, -0.2) is 0 Å². The number of hydrogen-bond acceptors (Lipinski definition) is 1. The van der Waals surface area contributed by atoms with Crippen LogP contribution in [0, 0.1) is 0 Å². The second kappa shape index (κ2) is 4.27. The molecule has 0 saturated carbocycles. The Balaban J connectivity index is 1.77. The molecule has 0 bridgehead atoms. The van der Waals surface area contributed by atoms with Crippen LogP contribution in [0.3, 0.4) is 0 Å². The van der Waals surface area contributed by atoms with E-state index in [9.17, 15) is 0 Å². The summed E-state index contributed by atoms with van der Waals surface area (Å²) in [4.78, 5) is 0. The number of fused-ring (bicyclic) bond motifs is 8. The fraction of sp³-hybridized carbons (Fsp3) is 0.0435. The second-order valence-corrected chi connectivity index (χ2v) is 6.60. The highest BCUT2D eigenvalue weighted by Crippen LogP contribution is 2.42. The Morgan fingerprint density at radius 3 is 2.50 bits per heavy atom. The second-order valence-electron chi connectivity index (χ2n) is 6.60. The minimum Gasteiger partial charge on any atom is -0.456 e. The molecule has 0 N–H and O–H groups in total. The van der Waals surface area contributed by atoms with Gasteiger partial charge in [-0.1, -0.05) is 48.5 Å². The van der Waals surface area contributed by atoms with Crippen LogP contribution in [0.2, 0.25) is 0 Å². The SMILES string of the molecule is c1ccc2c(c1)Cc1cc3c(ccc4oc5ccccc5c43)cc1-2. The summed E-state index contributed by atoms with van der Waals surface area (Å²) in [7, 11) is 0. The van der Waals surface area contributed by atoms with Crippen LogP contribution in [0.15, 0.2) is 77.2 Å². The van der Waals surface area contributed by atoms with Gasteiger partial charge in [-0.3, -0.25) is 0 Å². The van der Waals surface area contributed by atoms with Crippen molar-refractivity contribution in [3.63, 3.8) is 0 Å². The first-order valence-corrected chi connectivity index (χ1v) is 8.34. The number of para-hydroxylation sites is 1. The Labute approximate surface area is 139 Å². The highest BCUT2D eigenvalue weighted by Gasteiger charge is 2.20. The fourth-order valence-electron chi connectivity index (χ4n) is 4.18. The third-order valence-corrected chi connectivity index (χ3v) is 5.27. The quantitative estimate of drug-likeness (QED) is 0.320. The van der Waals surface area contributed by atoms with E-state index in [2.05, 4.69) is 60.7 Å². The maximum absolute atomic E-state index is 6.04. The minimum absolute atomic E-state index is 0.962. The van der Waals surface area contributed by atoms with Crippen molar-refractivity contribution in [2.75, 3.05) is 0 Å². The number of benzene rings is 4. The van der Waals surface area contributed by atoms with E-state index < -0.39 is 0 Å². The van der Waals surface area contributed by atoms with Crippen LogP contribution in [0.4, 0.5) is 0 Å². The summed E-state index contributed by atoms with van der Waals surface area (Å²) in [5.41, 5.74) is 7.54. The zero-order chi connectivity index (χ0) is 15.7. The lowest BCUT2D eigenvalue weighted by atomic mass is 9.97. The zero-order valence-electron chi connectivity index (χ0n) is 13.0. The Morgan fingerprint density at radius 2 is 1.50 bits per heavy atom.